The molecule has 28 heavy (non-hydrogen) atoms. The van der Waals surface area contributed by atoms with Gasteiger partial charge in [0.25, 0.3) is 5.91 Å². The summed E-state index contributed by atoms with van der Waals surface area (Å²) in [5.41, 5.74) is 0.946. The first-order valence-corrected chi connectivity index (χ1v) is 10.8. The Balaban J connectivity index is 1.76. The fourth-order valence-electron chi connectivity index (χ4n) is 2.20. The minimum atomic E-state index is -3.55. The monoisotopic (exact) mass is 456 g/mol. The number of hydrogen-bond acceptors (Lipinski definition) is 6. The smallest absolute Gasteiger partial charge is 0.257 e. The highest BCUT2D eigenvalue weighted by Crippen LogP contribution is 2.33. The number of aromatic nitrogens is 2. The van der Waals surface area contributed by atoms with Crippen molar-refractivity contribution in [1.29, 1.82) is 0 Å². The summed E-state index contributed by atoms with van der Waals surface area (Å²) in [6, 6.07) is 10.6. The Labute approximate surface area is 176 Å². The van der Waals surface area contributed by atoms with Crippen molar-refractivity contribution in [3.05, 3.63) is 58.1 Å². The molecule has 0 unspecified atom stereocenters. The maximum atomic E-state index is 12.4. The summed E-state index contributed by atoms with van der Waals surface area (Å²) in [6.45, 7) is 0. The van der Waals surface area contributed by atoms with Gasteiger partial charge in [0.1, 0.15) is 0 Å². The molecule has 146 valence electrons. The average Bonchev–Trinajstić information content (AvgIpc) is 3.09. The summed E-state index contributed by atoms with van der Waals surface area (Å²) in [5, 5.41) is 12.4. The van der Waals surface area contributed by atoms with E-state index in [4.69, 9.17) is 23.2 Å². The number of anilines is 1. The van der Waals surface area contributed by atoms with Gasteiger partial charge in [-0.1, -0.05) is 34.5 Å². The highest BCUT2D eigenvalue weighted by atomic mass is 35.5. The number of rotatable bonds is 5. The fourth-order valence-corrected chi connectivity index (χ4v) is 4.44. The molecule has 1 aromatic heterocycles. The first-order chi connectivity index (χ1) is 13.2. The van der Waals surface area contributed by atoms with Crippen LogP contribution in [0, 0.1) is 0 Å². The van der Waals surface area contributed by atoms with Gasteiger partial charge in [-0.25, -0.2) is 12.7 Å². The highest BCUT2D eigenvalue weighted by molar-refractivity contribution is 7.89. The van der Waals surface area contributed by atoms with Gasteiger partial charge in [0, 0.05) is 30.2 Å². The van der Waals surface area contributed by atoms with Crippen molar-refractivity contribution in [3.8, 4) is 10.6 Å². The van der Waals surface area contributed by atoms with Crippen LogP contribution in [0.2, 0.25) is 10.0 Å². The number of nitrogens with one attached hydrogen (secondary N) is 1. The van der Waals surface area contributed by atoms with Crippen LogP contribution in [-0.2, 0) is 10.0 Å². The molecule has 0 fully saturated rings. The Morgan fingerprint density at radius 2 is 1.75 bits per heavy atom. The summed E-state index contributed by atoms with van der Waals surface area (Å²) in [7, 11) is -0.672. The van der Waals surface area contributed by atoms with E-state index in [2.05, 4.69) is 15.5 Å². The molecule has 3 rings (SSSR count). The van der Waals surface area contributed by atoms with Crippen molar-refractivity contribution < 1.29 is 13.2 Å². The van der Waals surface area contributed by atoms with Crippen LogP contribution >= 0.6 is 34.5 Å². The second-order valence-corrected chi connectivity index (χ2v) is 9.78. The first-order valence-electron chi connectivity index (χ1n) is 7.81. The fraction of sp³-hybridized carbons (Fsp3) is 0.118. The van der Waals surface area contributed by atoms with E-state index in [9.17, 15) is 13.2 Å². The Morgan fingerprint density at radius 1 is 1.07 bits per heavy atom. The largest absolute Gasteiger partial charge is 0.296 e. The lowest BCUT2D eigenvalue weighted by Crippen LogP contribution is -2.22. The number of amides is 1. The molecular weight excluding hydrogens is 443 g/mol. The van der Waals surface area contributed by atoms with Gasteiger partial charge in [-0.05, 0) is 42.5 Å². The van der Waals surface area contributed by atoms with E-state index in [0.29, 0.717) is 26.2 Å². The van der Waals surface area contributed by atoms with Crippen molar-refractivity contribution in [2.45, 2.75) is 4.90 Å². The van der Waals surface area contributed by atoms with Crippen LogP contribution in [0.3, 0.4) is 0 Å². The summed E-state index contributed by atoms with van der Waals surface area (Å²) in [5.74, 6) is -0.432. The van der Waals surface area contributed by atoms with Crippen molar-refractivity contribution in [3.63, 3.8) is 0 Å². The van der Waals surface area contributed by atoms with Gasteiger partial charge in [-0.15, -0.1) is 10.2 Å². The van der Waals surface area contributed by atoms with E-state index in [1.807, 2.05) is 0 Å². The number of carbonyl (C=O) groups excluding carboxylic acids is 1. The Kier molecular flexibility index (Phi) is 6.01. The van der Waals surface area contributed by atoms with Crippen LogP contribution < -0.4 is 5.32 Å². The zero-order valence-electron chi connectivity index (χ0n) is 14.7. The van der Waals surface area contributed by atoms with E-state index in [1.165, 1.54) is 38.4 Å². The number of nitrogens with zero attached hydrogens (tertiary/aromatic N) is 3. The van der Waals surface area contributed by atoms with Crippen LogP contribution in [0.5, 0.6) is 0 Å². The maximum absolute atomic E-state index is 12.4. The minimum absolute atomic E-state index is 0.102. The number of hydrogen-bond donors (Lipinski definition) is 1. The highest BCUT2D eigenvalue weighted by Gasteiger charge is 2.18. The molecule has 0 spiro atoms. The molecule has 0 saturated carbocycles. The minimum Gasteiger partial charge on any atom is -0.296 e. The maximum Gasteiger partial charge on any atom is 0.257 e. The third-order valence-corrected chi connectivity index (χ3v) is 6.95. The van der Waals surface area contributed by atoms with E-state index in [0.717, 1.165) is 15.6 Å². The standard InChI is InChI=1S/C17H14Cl2N4O3S2/c1-23(2)28(25,26)12-6-3-10(4-7-12)15(24)20-17-22-21-16(27-17)13-8-5-11(18)9-14(13)19/h3-9H,1-2H3,(H,20,22,24). The average molecular weight is 457 g/mol. The van der Waals surface area contributed by atoms with Crippen molar-refractivity contribution in [1.82, 2.24) is 14.5 Å². The summed E-state index contributed by atoms with van der Waals surface area (Å²) < 4.78 is 25.3. The summed E-state index contributed by atoms with van der Waals surface area (Å²) in [4.78, 5) is 12.5. The Hall–Kier alpha value is -2.04. The molecule has 0 saturated heterocycles. The SMILES string of the molecule is CN(C)S(=O)(=O)c1ccc(C(=O)Nc2nnc(-c3ccc(Cl)cc3Cl)s2)cc1. The van der Waals surface area contributed by atoms with Crippen LogP contribution in [0.4, 0.5) is 5.13 Å². The van der Waals surface area contributed by atoms with Gasteiger partial charge in [0.2, 0.25) is 15.2 Å². The number of carbonyl (C=O) groups is 1. The molecule has 0 aliphatic heterocycles. The first kappa shape index (κ1) is 20.7. The molecule has 0 aliphatic carbocycles. The molecule has 0 bridgehead atoms. The quantitative estimate of drug-likeness (QED) is 0.625. The van der Waals surface area contributed by atoms with E-state index in [1.54, 1.807) is 18.2 Å². The molecular formula is C17H14Cl2N4O3S2. The lowest BCUT2D eigenvalue weighted by Gasteiger charge is -2.11. The lowest BCUT2D eigenvalue weighted by atomic mass is 10.2. The molecule has 1 N–H and O–H groups in total. The second-order valence-electron chi connectivity index (χ2n) is 5.80. The molecule has 3 aromatic rings. The second kappa shape index (κ2) is 8.14. The molecule has 0 aliphatic rings. The normalized spacial score (nSPS) is 11.6. The molecule has 1 heterocycles. The summed E-state index contributed by atoms with van der Waals surface area (Å²) >= 11 is 13.2. The summed E-state index contributed by atoms with van der Waals surface area (Å²) in [6.07, 6.45) is 0. The number of benzene rings is 2. The molecule has 1 amide bonds. The van der Waals surface area contributed by atoms with Crippen LogP contribution in [0.1, 0.15) is 10.4 Å². The van der Waals surface area contributed by atoms with Crippen LogP contribution in [0.25, 0.3) is 10.6 Å². The number of sulfonamides is 1. The van der Waals surface area contributed by atoms with Gasteiger partial charge in [0.05, 0.1) is 9.92 Å². The third kappa shape index (κ3) is 4.34. The zero-order chi connectivity index (χ0) is 20.5. The third-order valence-electron chi connectivity index (χ3n) is 3.70. The lowest BCUT2D eigenvalue weighted by molar-refractivity contribution is 0.102. The van der Waals surface area contributed by atoms with Crippen LogP contribution in [-0.4, -0.2) is 42.9 Å². The van der Waals surface area contributed by atoms with E-state index in [-0.39, 0.29) is 10.0 Å². The van der Waals surface area contributed by atoms with Gasteiger partial charge in [-0.2, -0.15) is 0 Å². The topological polar surface area (TPSA) is 92.3 Å². The molecule has 11 heteroatoms. The van der Waals surface area contributed by atoms with Crippen molar-refractivity contribution in [2.75, 3.05) is 19.4 Å². The molecule has 2 aromatic carbocycles. The van der Waals surface area contributed by atoms with Crippen LogP contribution in [0.15, 0.2) is 47.4 Å². The zero-order valence-corrected chi connectivity index (χ0v) is 17.8. The van der Waals surface area contributed by atoms with Gasteiger partial charge >= 0.3 is 0 Å². The van der Waals surface area contributed by atoms with Crippen molar-refractivity contribution in [2.24, 2.45) is 0 Å². The van der Waals surface area contributed by atoms with Gasteiger partial charge in [-0.3, -0.25) is 10.1 Å². The Morgan fingerprint density at radius 3 is 2.36 bits per heavy atom. The predicted octanol–water partition coefficient (Wildman–Crippen LogP) is 4.01. The predicted molar refractivity (Wildman–Crippen MR) is 111 cm³/mol. The van der Waals surface area contributed by atoms with Gasteiger partial charge < -0.3 is 0 Å². The molecule has 0 radical (unpaired) electrons. The molecule has 0 atom stereocenters. The van der Waals surface area contributed by atoms with E-state index >= 15 is 0 Å². The van der Waals surface area contributed by atoms with Crippen molar-refractivity contribution >= 4 is 55.6 Å². The van der Waals surface area contributed by atoms with Gasteiger partial charge in [0.15, 0.2) is 5.01 Å². The molecule has 7 nitrogen and oxygen atoms in total. The Bertz CT molecular complexity index is 1130. The van der Waals surface area contributed by atoms with E-state index < -0.39 is 15.9 Å². The number of halogens is 2.